The number of aryl methyl sites for hydroxylation is 1. The molecule has 5 heteroatoms. The van der Waals surface area contributed by atoms with Gasteiger partial charge in [-0.1, -0.05) is 24.3 Å². The van der Waals surface area contributed by atoms with Crippen LogP contribution in [0.3, 0.4) is 0 Å². The highest BCUT2D eigenvalue weighted by Gasteiger charge is 2.27. The third-order valence-electron chi connectivity index (χ3n) is 3.34. The highest BCUT2D eigenvalue weighted by Crippen LogP contribution is 2.35. The largest absolute Gasteiger partial charge is 0.504 e. The van der Waals surface area contributed by atoms with Gasteiger partial charge in [0.25, 0.3) is 0 Å². The van der Waals surface area contributed by atoms with E-state index in [2.05, 4.69) is 0 Å². The van der Waals surface area contributed by atoms with Crippen LogP contribution in [0.15, 0.2) is 52.8 Å². The van der Waals surface area contributed by atoms with E-state index in [0.717, 1.165) is 5.56 Å². The number of rotatable bonds is 3. The Morgan fingerprint density at radius 3 is 2.67 bits per heavy atom. The summed E-state index contributed by atoms with van der Waals surface area (Å²) >= 11 is 0. The molecule has 21 heavy (non-hydrogen) atoms. The number of phenols is 1. The maximum atomic E-state index is 12.1. The summed E-state index contributed by atoms with van der Waals surface area (Å²) in [6, 6.07) is 11.9. The number of phenolic OH excluding ortho intramolecular Hbond substituents is 1. The molecule has 2 aromatic rings. The second kappa shape index (κ2) is 4.93. The van der Waals surface area contributed by atoms with E-state index < -0.39 is 9.84 Å². The SMILES string of the molecule is Cc1ccc2c(c1)S(=O)(=O)C=C2COc1ccccc1O. The van der Waals surface area contributed by atoms with Crippen LogP contribution in [0.5, 0.6) is 11.5 Å². The zero-order chi connectivity index (χ0) is 15.0. The van der Waals surface area contributed by atoms with Crippen molar-refractivity contribution in [2.45, 2.75) is 11.8 Å². The maximum Gasteiger partial charge on any atom is 0.200 e. The minimum Gasteiger partial charge on any atom is -0.504 e. The van der Waals surface area contributed by atoms with E-state index in [1.54, 1.807) is 30.3 Å². The lowest BCUT2D eigenvalue weighted by Gasteiger charge is -2.09. The number of aromatic hydroxyl groups is 1. The van der Waals surface area contributed by atoms with Gasteiger partial charge < -0.3 is 9.84 Å². The highest BCUT2D eigenvalue weighted by molar-refractivity contribution is 7.95. The van der Waals surface area contributed by atoms with Crippen molar-refractivity contribution in [3.05, 3.63) is 59.0 Å². The van der Waals surface area contributed by atoms with Gasteiger partial charge in [-0.25, -0.2) is 8.42 Å². The first-order chi connectivity index (χ1) is 9.97. The van der Waals surface area contributed by atoms with Crippen molar-refractivity contribution >= 4 is 15.4 Å². The molecule has 0 saturated heterocycles. The molecule has 0 aromatic heterocycles. The highest BCUT2D eigenvalue weighted by atomic mass is 32.2. The minimum absolute atomic E-state index is 0.0306. The number of hydrogen-bond acceptors (Lipinski definition) is 4. The first-order valence-electron chi connectivity index (χ1n) is 6.45. The summed E-state index contributed by atoms with van der Waals surface area (Å²) < 4.78 is 29.7. The van der Waals surface area contributed by atoms with Crippen LogP contribution in [0.2, 0.25) is 0 Å². The molecular formula is C16H14O4S. The molecule has 0 bridgehead atoms. The summed E-state index contributed by atoms with van der Waals surface area (Å²) in [6.45, 7) is 1.94. The van der Waals surface area contributed by atoms with Crippen LogP contribution in [0.25, 0.3) is 5.57 Å². The number of benzene rings is 2. The van der Waals surface area contributed by atoms with Crippen molar-refractivity contribution in [2.75, 3.05) is 6.61 Å². The van der Waals surface area contributed by atoms with Crippen LogP contribution in [-0.2, 0) is 9.84 Å². The zero-order valence-corrected chi connectivity index (χ0v) is 12.2. The van der Waals surface area contributed by atoms with Gasteiger partial charge in [-0.2, -0.15) is 0 Å². The van der Waals surface area contributed by atoms with Gasteiger partial charge in [0, 0.05) is 16.5 Å². The number of hydrogen-bond donors (Lipinski definition) is 1. The molecule has 1 heterocycles. The van der Waals surface area contributed by atoms with E-state index in [4.69, 9.17) is 4.74 Å². The normalized spacial score (nSPS) is 15.4. The maximum absolute atomic E-state index is 12.1. The molecule has 1 aliphatic rings. The molecule has 0 amide bonds. The molecule has 0 aliphatic carbocycles. The van der Waals surface area contributed by atoms with Crippen LogP contribution >= 0.6 is 0 Å². The second-order valence-corrected chi connectivity index (χ2v) is 6.71. The predicted octanol–water partition coefficient (Wildman–Crippen LogP) is 2.91. The lowest BCUT2D eigenvalue weighted by molar-refractivity contribution is 0.341. The molecule has 1 aliphatic heterocycles. The molecule has 108 valence electrons. The molecule has 0 unspecified atom stereocenters. The molecule has 0 spiro atoms. The lowest BCUT2D eigenvalue weighted by atomic mass is 10.1. The first-order valence-corrected chi connectivity index (χ1v) is 7.99. The standard InChI is InChI=1S/C16H14O4S/c1-11-6-7-13-12(10-21(18,19)16(13)8-11)9-20-15-5-3-2-4-14(15)17/h2-8,10,17H,9H2,1H3. The van der Waals surface area contributed by atoms with Crippen LogP contribution < -0.4 is 4.74 Å². The van der Waals surface area contributed by atoms with Gasteiger partial charge in [0.1, 0.15) is 6.61 Å². The van der Waals surface area contributed by atoms with Crippen LogP contribution in [0.4, 0.5) is 0 Å². The molecule has 3 rings (SSSR count). The summed E-state index contributed by atoms with van der Waals surface area (Å²) in [4.78, 5) is 0.318. The average molecular weight is 302 g/mol. The Hall–Kier alpha value is -2.27. The summed E-state index contributed by atoms with van der Waals surface area (Å²) in [5.74, 6) is 0.361. The lowest BCUT2D eigenvalue weighted by Crippen LogP contribution is -1.99. The molecule has 0 saturated carbocycles. The Morgan fingerprint density at radius 1 is 1.14 bits per heavy atom. The van der Waals surface area contributed by atoms with Crippen molar-refractivity contribution < 1.29 is 18.3 Å². The summed E-state index contributed by atoms with van der Waals surface area (Å²) in [5.41, 5.74) is 2.15. The topological polar surface area (TPSA) is 63.6 Å². The van der Waals surface area contributed by atoms with Crippen molar-refractivity contribution in [1.29, 1.82) is 0 Å². The van der Waals surface area contributed by atoms with Crippen molar-refractivity contribution in [2.24, 2.45) is 0 Å². The third-order valence-corrected chi connectivity index (χ3v) is 4.88. The fourth-order valence-electron chi connectivity index (χ4n) is 2.29. The molecule has 0 atom stereocenters. The van der Waals surface area contributed by atoms with Gasteiger partial charge in [-0.05, 0) is 30.7 Å². The summed E-state index contributed by atoms with van der Waals surface area (Å²) in [5, 5.41) is 10.9. The number of fused-ring (bicyclic) bond motifs is 1. The number of ether oxygens (including phenoxy) is 1. The number of sulfone groups is 1. The van der Waals surface area contributed by atoms with E-state index >= 15 is 0 Å². The van der Waals surface area contributed by atoms with Crippen molar-refractivity contribution in [1.82, 2.24) is 0 Å². The molecule has 0 fully saturated rings. The molecular weight excluding hydrogens is 288 g/mol. The summed E-state index contributed by atoms with van der Waals surface area (Å²) in [6.07, 6.45) is 0. The van der Waals surface area contributed by atoms with Gasteiger partial charge in [0.2, 0.25) is 9.84 Å². The van der Waals surface area contributed by atoms with E-state index in [1.807, 2.05) is 13.0 Å². The Balaban J connectivity index is 1.90. The van der Waals surface area contributed by atoms with E-state index in [9.17, 15) is 13.5 Å². The number of para-hydroxylation sites is 2. The van der Waals surface area contributed by atoms with Crippen LogP contribution in [0.1, 0.15) is 11.1 Å². The fourth-order valence-corrected chi connectivity index (χ4v) is 3.84. The Morgan fingerprint density at radius 2 is 1.90 bits per heavy atom. The van der Waals surface area contributed by atoms with Crippen LogP contribution in [-0.4, -0.2) is 20.1 Å². The third kappa shape index (κ3) is 2.52. The molecule has 1 N–H and O–H groups in total. The van der Waals surface area contributed by atoms with Gasteiger partial charge in [-0.3, -0.25) is 0 Å². The monoisotopic (exact) mass is 302 g/mol. The minimum atomic E-state index is -3.40. The van der Waals surface area contributed by atoms with Gasteiger partial charge in [0.05, 0.1) is 4.90 Å². The quantitative estimate of drug-likeness (QED) is 0.947. The Bertz CT molecular complexity index is 835. The zero-order valence-electron chi connectivity index (χ0n) is 11.4. The fraction of sp³-hybridized carbons (Fsp3) is 0.125. The average Bonchev–Trinajstić information content (AvgIpc) is 2.69. The predicted molar refractivity (Wildman–Crippen MR) is 79.9 cm³/mol. The molecule has 2 aromatic carbocycles. The van der Waals surface area contributed by atoms with Gasteiger partial charge in [0.15, 0.2) is 11.5 Å². The van der Waals surface area contributed by atoms with E-state index in [0.29, 0.717) is 21.8 Å². The van der Waals surface area contributed by atoms with Gasteiger partial charge >= 0.3 is 0 Å². The Labute approximate surface area is 123 Å². The van der Waals surface area contributed by atoms with E-state index in [-0.39, 0.29) is 12.4 Å². The first kappa shape index (κ1) is 13.7. The molecule has 4 nitrogen and oxygen atoms in total. The molecule has 0 radical (unpaired) electrons. The van der Waals surface area contributed by atoms with E-state index in [1.165, 1.54) is 11.5 Å². The van der Waals surface area contributed by atoms with Gasteiger partial charge in [-0.15, -0.1) is 0 Å². The second-order valence-electron chi connectivity index (χ2n) is 4.94. The van der Waals surface area contributed by atoms with Crippen LogP contribution in [0, 0.1) is 6.92 Å². The van der Waals surface area contributed by atoms with Crippen molar-refractivity contribution in [3.8, 4) is 11.5 Å². The Kier molecular flexibility index (Phi) is 3.22. The van der Waals surface area contributed by atoms with Crippen molar-refractivity contribution in [3.63, 3.8) is 0 Å². The summed E-state index contributed by atoms with van der Waals surface area (Å²) in [7, 11) is -3.40. The smallest absolute Gasteiger partial charge is 0.200 e.